The summed E-state index contributed by atoms with van der Waals surface area (Å²) in [5.41, 5.74) is 0.672. The minimum absolute atomic E-state index is 0.0866. The van der Waals surface area contributed by atoms with Crippen molar-refractivity contribution >= 4 is 23.6 Å². The van der Waals surface area contributed by atoms with E-state index in [2.05, 4.69) is 39.8 Å². The Hall–Kier alpha value is -2.76. The van der Waals surface area contributed by atoms with E-state index in [-0.39, 0.29) is 58.3 Å². The highest BCUT2D eigenvalue weighted by molar-refractivity contribution is 6.13. The molecule has 0 N–H and O–H groups in total. The van der Waals surface area contributed by atoms with E-state index in [1.54, 1.807) is 0 Å². The molecular formula is C28H36N2O4. The Morgan fingerprint density at radius 3 is 2.18 bits per heavy atom. The summed E-state index contributed by atoms with van der Waals surface area (Å²) in [6, 6.07) is 9.87. The molecule has 5 unspecified atom stereocenters. The second-order valence-corrected chi connectivity index (χ2v) is 11.8. The fourth-order valence-corrected chi connectivity index (χ4v) is 6.73. The zero-order valence-corrected chi connectivity index (χ0v) is 20.9. The Kier molecular flexibility index (Phi) is 6.30. The number of rotatable bonds is 6. The Bertz CT molecular complexity index is 1010. The highest BCUT2D eigenvalue weighted by atomic mass is 16.2. The predicted molar refractivity (Wildman–Crippen MR) is 129 cm³/mol. The average molecular weight is 465 g/mol. The molecule has 34 heavy (non-hydrogen) atoms. The third-order valence-electron chi connectivity index (χ3n) is 7.99. The molecule has 4 amide bonds. The lowest BCUT2D eigenvalue weighted by Crippen LogP contribution is -2.52. The predicted octanol–water partition coefficient (Wildman–Crippen LogP) is 4.31. The molecule has 6 nitrogen and oxygen atoms in total. The van der Waals surface area contributed by atoms with Crippen LogP contribution in [-0.4, -0.2) is 46.0 Å². The number of benzene rings is 1. The number of carbonyl (C=O) groups is 4. The van der Waals surface area contributed by atoms with Crippen molar-refractivity contribution in [1.82, 2.24) is 9.80 Å². The molecule has 0 bridgehead atoms. The highest BCUT2D eigenvalue weighted by Crippen LogP contribution is 2.49. The fourth-order valence-electron chi connectivity index (χ4n) is 6.73. The smallest absolute Gasteiger partial charge is 0.253 e. The van der Waals surface area contributed by atoms with Crippen LogP contribution in [0.1, 0.15) is 71.8 Å². The van der Waals surface area contributed by atoms with Crippen LogP contribution in [0.4, 0.5) is 0 Å². The van der Waals surface area contributed by atoms with Gasteiger partial charge in [0.05, 0.1) is 5.92 Å². The molecular weight excluding hydrogens is 428 g/mol. The number of hydrogen-bond donors (Lipinski definition) is 0. The minimum Gasteiger partial charge on any atom is -0.282 e. The molecule has 0 radical (unpaired) electrons. The first-order valence-electron chi connectivity index (χ1n) is 12.4. The summed E-state index contributed by atoms with van der Waals surface area (Å²) >= 11 is 0. The molecule has 0 spiro atoms. The molecule has 3 aliphatic rings. The fraction of sp³-hybridized carbons (Fsp3) is 0.571. The maximum Gasteiger partial charge on any atom is 0.253 e. The van der Waals surface area contributed by atoms with Gasteiger partial charge in [0.15, 0.2) is 0 Å². The summed E-state index contributed by atoms with van der Waals surface area (Å²) in [4.78, 5) is 54.3. The molecule has 0 aromatic heterocycles. The molecule has 5 atom stereocenters. The van der Waals surface area contributed by atoms with E-state index in [1.165, 1.54) is 27.5 Å². The third-order valence-corrected chi connectivity index (χ3v) is 7.99. The molecule has 182 valence electrons. The first-order chi connectivity index (χ1) is 15.9. The SMILES string of the molecule is CC(CC1C(=O)N(CC2(C)CC(N3C(=O)C=CC3=O)CC(C)(C)C2)C(=O)C1C)c1ccccc1. The minimum atomic E-state index is -0.374. The molecule has 1 aromatic carbocycles. The standard InChI is InChI=1S/C28H36N2O4/c1-18(20-9-7-6-8-10-20)13-22-19(2)25(33)29(26(22)34)17-28(5)15-21(14-27(3,4)16-28)30-23(31)11-12-24(30)32/h6-12,18-19,21-22H,13-17H2,1-5H3. The van der Waals surface area contributed by atoms with Gasteiger partial charge in [-0.2, -0.15) is 0 Å². The number of likely N-dealkylation sites (tertiary alicyclic amines) is 1. The number of nitrogens with zero attached hydrogens (tertiary/aromatic N) is 2. The summed E-state index contributed by atoms with van der Waals surface area (Å²) < 4.78 is 0. The van der Waals surface area contributed by atoms with Crippen molar-refractivity contribution in [2.75, 3.05) is 6.54 Å². The molecule has 2 aliphatic heterocycles. The second kappa shape index (κ2) is 8.79. The van der Waals surface area contributed by atoms with E-state index >= 15 is 0 Å². The van der Waals surface area contributed by atoms with E-state index in [0.717, 1.165) is 12.8 Å². The summed E-state index contributed by atoms with van der Waals surface area (Å²) in [5, 5.41) is 0. The van der Waals surface area contributed by atoms with Crippen LogP contribution in [0, 0.1) is 22.7 Å². The van der Waals surface area contributed by atoms with Crippen LogP contribution < -0.4 is 0 Å². The van der Waals surface area contributed by atoms with Crippen molar-refractivity contribution in [2.24, 2.45) is 22.7 Å². The van der Waals surface area contributed by atoms with Gasteiger partial charge in [0.25, 0.3) is 11.8 Å². The van der Waals surface area contributed by atoms with Crippen molar-refractivity contribution in [1.29, 1.82) is 0 Å². The van der Waals surface area contributed by atoms with Crippen molar-refractivity contribution in [3.8, 4) is 0 Å². The zero-order valence-electron chi connectivity index (χ0n) is 20.9. The zero-order chi connectivity index (χ0) is 24.8. The molecule has 2 fully saturated rings. The quantitative estimate of drug-likeness (QED) is 0.588. The van der Waals surface area contributed by atoms with Crippen LogP contribution in [0.5, 0.6) is 0 Å². The van der Waals surface area contributed by atoms with Gasteiger partial charge in [-0.05, 0) is 48.0 Å². The van der Waals surface area contributed by atoms with Gasteiger partial charge < -0.3 is 0 Å². The summed E-state index contributed by atoms with van der Waals surface area (Å²) in [5.74, 6) is -1.23. The lowest BCUT2D eigenvalue weighted by Gasteiger charge is -2.49. The highest BCUT2D eigenvalue weighted by Gasteiger charge is 2.51. The molecule has 6 heteroatoms. The lowest BCUT2D eigenvalue weighted by atomic mass is 9.62. The van der Waals surface area contributed by atoms with E-state index in [4.69, 9.17) is 0 Å². The number of carbonyl (C=O) groups excluding carboxylic acids is 4. The maximum absolute atomic E-state index is 13.5. The topological polar surface area (TPSA) is 74.8 Å². The van der Waals surface area contributed by atoms with Gasteiger partial charge in [-0.25, -0.2) is 0 Å². The van der Waals surface area contributed by atoms with E-state index in [9.17, 15) is 19.2 Å². The molecule has 1 aromatic rings. The van der Waals surface area contributed by atoms with Gasteiger partial charge in [-0.1, -0.05) is 65.0 Å². The monoisotopic (exact) mass is 464 g/mol. The van der Waals surface area contributed by atoms with Crippen LogP contribution in [0.3, 0.4) is 0 Å². The largest absolute Gasteiger partial charge is 0.282 e. The normalized spacial score (nSPS) is 32.1. The van der Waals surface area contributed by atoms with Crippen LogP contribution in [0.25, 0.3) is 0 Å². The van der Waals surface area contributed by atoms with E-state index in [0.29, 0.717) is 19.4 Å². The molecule has 2 heterocycles. The molecule has 4 rings (SSSR count). The van der Waals surface area contributed by atoms with Crippen molar-refractivity contribution in [2.45, 2.75) is 72.3 Å². The average Bonchev–Trinajstić information content (AvgIpc) is 3.19. The van der Waals surface area contributed by atoms with Gasteiger partial charge in [0.2, 0.25) is 11.8 Å². The molecule has 1 saturated heterocycles. The van der Waals surface area contributed by atoms with Crippen molar-refractivity contribution in [3.63, 3.8) is 0 Å². The number of amides is 4. The van der Waals surface area contributed by atoms with E-state index < -0.39 is 0 Å². The molecule has 1 saturated carbocycles. The Morgan fingerprint density at radius 2 is 1.56 bits per heavy atom. The van der Waals surface area contributed by atoms with Crippen molar-refractivity contribution < 1.29 is 19.2 Å². The van der Waals surface area contributed by atoms with Gasteiger partial charge in [0, 0.05) is 30.7 Å². The Morgan fingerprint density at radius 1 is 0.941 bits per heavy atom. The van der Waals surface area contributed by atoms with Gasteiger partial charge in [-0.15, -0.1) is 0 Å². The lowest BCUT2D eigenvalue weighted by molar-refractivity contribution is -0.148. The summed E-state index contributed by atoms with van der Waals surface area (Å²) in [6.45, 7) is 10.7. The van der Waals surface area contributed by atoms with Gasteiger partial charge in [-0.3, -0.25) is 29.0 Å². The van der Waals surface area contributed by atoms with Crippen LogP contribution >= 0.6 is 0 Å². The molecule has 1 aliphatic carbocycles. The van der Waals surface area contributed by atoms with E-state index in [1.807, 2.05) is 25.1 Å². The Labute approximate surface area is 202 Å². The van der Waals surface area contributed by atoms with Crippen LogP contribution in [0.15, 0.2) is 42.5 Å². The van der Waals surface area contributed by atoms with Crippen LogP contribution in [0.2, 0.25) is 0 Å². The van der Waals surface area contributed by atoms with Gasteiger partial charge >= 0.3 is 0 Å². The van der Waals surface area contributed by atoms with Gasteiger partial charge in [0.1, 0.15) is 0 Å². The van der Waals surface area contributed by atoms with Crippen LogP contribution in [-0.2, 0) is 19.2 Å². The Balaban J connectivity index is 1.51. The maximum atomic E-state index is 13.5. The number of hydrogen-bond acceptors (Lipinski definition) is 4. The van der Waals surface area contributed by atoms with Crippen molar-refractivity contribution in [3.05, 3.63) is 48.0 Å². The summed E-state index contributed by atoms with van der Waals surface area (Å²) in [7, 11) is 0. The number of imide groups is 2. The first-order valence-corrected chi connectivity index (χ1v) is 12.4. The first kappa shape index (κ1) is 24.4. The third kappa shape index (κ3) is 4.59. The summed E-state index contributed by atoms with van der Waals surface area (Å²) in [6.07, 6.45) is 5.42. The second-order valence-electron chi connectivity index (χ2n) is 11.8.